The predicted molar refractivity (Wildman–Crippen MR) is 81.1 cm³/mol. The number of nitrogens with one attached hydrogen (secondary N) is 1. The number of nitrogens with zero attached hydrogens (tertiary/aromatic N) is 1. The van der Waals surface area contributed by atoms with Crippen LogP contribution in [-0.4, -0.2) is 36.1 Å². The lowest BCUT2D eigenvalue weighted by Crippen LogP contribution is -2.49. The van der Waals surface area contributed by atoms with E-state index in [-0.39, 0.29) is 5.54 Å². The van der Waals surface area contributed by atoms with Crippen LogP contribution in [0.25, 0.3) is 0 Å². The number of hydrogen-bond acceptors (Lipinski definition) is 2. The Morgan fingerprint density at radius 2 is 1.67 bits per heavy atom. The van der Waals surface area contributed by atoms with E-state index in [0.717, 1.165) is 12.6 Å². The highest BCUT2D eigenvalue weighted by molar-refractivity contribution is 4.81. The molecule has 0 aromatic heterocycles. The SMILES string of the molecule is CCC(CNC(C)(C)C)N(C)C1CCCCCC1. The van der Waals surface area contributed by atoms with Crippen molar-refractivity contribution in [3.63, 3.8) is 0 Å². The third-order valence-corrected chi connectivity index (χ3v) is 4.32. The zero-order chi connectivity index (χ0) is 13.6. The summed E-state index contributed by atoms with van der Waals surface area (Å²) in [5.74, 6) is 0. The maximum absolute atomic E-state index is 3.67. The Morgan fingerprint density at radius 1 is 1.11 bits per heavy atom. The highest BCUT2D eigenvalue weighted by Crippen LogP contribution is 2.23. The Balaban J connectivity index is 2.46. The first kappa shape index (κ1) is 16.0. The van der Waals surface area contributed by atoms with Crippen molar-refractivity contribution in [3.05, 3.63) is 0 Å². The van der Waals surface area contributed by atoms with E-state index in [4.69, 9.17) is 0 Å². The van der Waals surface area contributed by atoms with E-state index in [1.807, 2.05) is 0 Å². The van der Waals surface area contributed by atoms with Gasteiger partial charge in [0.1, 0.15) is 0 Å². The molecule has 1 atom stereocenters. The Morgan fingerprint density at radius 3 is 2.11 bits per heavy atom. The van der Waals surface area contributed by atoms with Crippen LogP contribution < -0.4 is 5.32 Å². The molecule has 0 heterocycles. The smallest absolute Gasteiger partial charge is 0.0218 e. The van der Waals surface area contributed by atoms with Gasteiger partial charge in [0.15, 0.2) is 0 Å². The van der Waals surface area contributed by atoms with E-state index in [1.54, 1.807) is 0 Å². The summed E-state index contributed by atoms with van der Waals surface area (Å²) in [6.45, 7) is 10.2. The van der Waals surface area contributed by atoms with Gasteiger partial charge in [-0.25, -0.2) is 0 Å². The molecule has 0 spiro atoms. The van der Waals surface area contributed by atoms with Crippen molar-refractivity contribution in [1.82, 2.24) is 10.2 Å². The molecule has 2 nitrogen and oxygen atoms in total. The lowest BCUT2D eigenvalue weighted by atomic mass is 10.0. The van der Waals surface area contributed by atoms with Gasteiger partial charge in [-0.1, -0.05) is 32.6 Å². The minimum atomic E-state index is 0.234. The summed E-state index contributed by atoms with van der Waals surface area (Å²) in [6.07, 6.45) is 9.81. The fraction of sp³-hybridized carbons (Fsp3) is 1.00. The molecule has 2 heteroatoms. The molecule has 108 valence electrons. The van der Waals surface area contributed by atoms with Crippen LogP contribution in [0, 0.1) is 0 Å². The lowest BCUT2D eigenvalue weighted by molar-refractivity contribution is 0.144. The lowest BCUT2D eigenvalue weighted by Gasteiger charge is -2.36. The van der Waals surface area contributed by atoms with Crippen molar-refractivity contribution >= 4 is 0 Å². The van der Waals surface area contributed by atoms with E-state index in [0.29, 0.717) is 6.04 Å². The number of likely N-dealkylation sites (N-methyl/N-ethyl adjacent to an activating group) is 1. The van der Waals surface area contributed by atoms with Crippen LogP contribution in [0.4, 0.5) is 0 Å². The van der Waals surface area contributed by atoms with Crippen molar-refractivity contribution in [2.24, 2.45) is 0 Å². The monoisotopic (exact) mass is 254 g/mol. The van der Waals surface area contributed by atoms with E-state index >= 15 is 0 Å². The minimum absolute atomic E-state index is 0.234. The maximum Gasteiger partial charge on any atom is 0.0218 e. The first-order valence-corrected chi connectivity index (χ1v) is 7.91. The number of rotatable bonds is 5. The number of hydrogen-bond donors (Lipinski definition) is 1. The van der Waals surface area contributed by atoms with Crippen LogP contribution >= 0.6 is 0 Å². The van der Waals surface area contributed by atoms with Gasteiger partial charge in [0.25, 0.3) is 0 Å². The minimum Gasteiger partial charge on any atom is -0.311 e. The van der Waals surface area contributed by atoms with Gasteiger partial charge in [-0.2, -0.15) is 0 Å². The summed E-state index contributed by atoms with van der Waals surface area (Å²) < 4.78 is 0. The summed E-state index contributed by atoms with van der Waals surface area (Å²) >= 11 is 0. The molecule has 0 saturated heterocycles. The van der Waals surface area contributed by atoms with Gasteiger partial charge in [0.05, 0.1) is 0 Å². The van der Waals surface area contributed by atoms with Crippen LogP contribution in [0.15, 0.2) is 0 Å². The van der Waals surface area contributed by atoms with Crippen LogP contribution in [0.1, 0.15) is 72.6 Å². The summed E-state index contributed by atoms with van der Waals surface area (Å²) in [6, 6.07) is 1.51. The van der Waals surface area contributed by atoms with Gasteiger partial charge >= 0.3 is 0 Å². The second-order valence-electron chi connectivity index (χ2n) is 7.00. The Hall–Kier alpha value is -0.0800. The molecule has 0 aromatic rings. The molecule has 0 bridgehead atoms. The second-order valence-corrected chi connectivity index (χ2v) is 7.00. The summed E-state index contributed by atoms with van der Waals surface area (Å²) in [5.41, 5.74) is 0.234. The van der Waals surface area contributed by atoms with Crippen molar-refractivity contribution in [2.75, 3.05) is 13.6 Å². The van der Waals surface area contributed by atoms with E-state index < -0.39 is 0 Å². The molecule has 0 aliphatic heterocycles. The quantitative estimate of drug-likeness (QED) is 0.751. The zero-order valence-corrected chi connectivity index (χ0v) is 13.3. The summed E-state index contributed by atoms with van der Waals surface area (Å²) in [4.78, 5) is 2.66. The first-order valence-electron chi connectivity index (χ1n) is 7.91. The molecule has 18 heavy (non-hydrogen) atoms. The van der Waals surface area contributed by atoms with Crippen molar-refractivity contribution in [2.45, 2.75) is 90.3 Å². The van der Waals surface area contributed by atoms with Crippen LogP contribution in [0.2, 0.25) is 0 Å². The van der Waals surface area contributed by atoms with Crippen LogP contribution in [0.3, 0.4) is 0 Å². The molecule has 0 aromatic carbocycles. The zero-order valence-electron chi connectivity index (χ0n) is 13.3. The molecule has 1 aliphatic carbocycles. The Labute approximate surface area is 115 Å². The topological polar surface area (TPSA) is 15.3 Å². The molecule has 0 radical (unpaired) electrons. The Bertz CT molecular complexity index is 212. The molecule has 1 saturated carbocycles. The molecule has 1 aliphatic rings. The van der Waals surface area contributed by atoms with Crippen molar-refractivity contribution in [1.29, 1.82) is 0 Å². The molecule has 1 fully saturated rings. The summed E-state index contributed by atoms with van der Waals surface area (Å²) in [7, 11) is 2.34. The normalized spacial score (nSPS) is 21.0. The second kappa shape index (κ2) is 7.49. The van der Waals surface area contributed by atoms with Gasteiger partial charge < -0.3 is 5.32 Å². The summed E-state index contributed by atoms with van der Waals surface area (Å²) in [5, 5.41) is 3.67. The average Bonchev–Trinajstić information content (AvgIpc) is 2.56. The standard InChI is InChI=1S/C16H34N2/c1-6-14(13-17-16(2,3)4)18(5)15-11-9-7-8-10-12-15/h14-15,17H,6-13H2,1-5H3. The van der Waals surface area contributed by atoms with E-state index in [2.05, 4.69) is 45.0 Å². The van der Waals surface area contributed by atoms with E-state index in [1.165, 1.54) is 44.9 Å². The van der Waals surface area contributed by atoms with Crippen molar-refractivity contribution < 1.29 is 0 Å². The molecule has 1 N–H and O–H groups in total. The average molecular weight is 254 g/mol. The van der Waals surface area contributed by atoms with Gasteiger partial charge in [-0.15, -0.1) is 0 Å². The largest absolute Gasteiger partial charge is 0.311 e. The maximum atomic E-state index is 3.67. The molecule has 0 amide bonds. The predicted octanol–water partition coefficient (Wildman–Crippen LogP) is 3.81. The fourth-order valence-electron chi connectivity index (χ4n) is 2.96. The molecular formula is C16H34N2. The van der Waals surface area contributed by atoms with E-state index in [9.17, 15) is 0 Å². The van der Waals surface area contributed by atoms with Gasteiger partial charge in [-0.3, -0.25) is 4.90 Å². The third-order valence-electron chi connectivity index (χ3n) is 4.32. The van der Waals surface area contributed by atoms with Gasteiger partial charge in [0, 0.05) is 24.2 Å². The highest BCUT2D eigenvalue weighted by Gasteiger charge is 2.23. The first-order chi connectivity index (χ1) is 8.44. The molecule has 1 unspecified atom stereocenters. The van der Waals surface area contributed by atoms with Crippen LogP contribution in [0.5, 0.6) is 0 Å². The highest BCUT2D eigenvalue weighted by atomic mass is 15.2. The van der Waals surface area contributed by atoms with Crippen molar-refractivity contribution in [3.8, 4) is 0 Å². The Kier molecular flexibility index (Phi) is 6.65. The van der Waals surface area contributed by atoms with Gasteiger partial charge in [-0.05, 0) is 47.1 Å². The van der Waals surface area contributed by atoms with Crippen LogP contribution in [-0.2, 0) is 0 Å². The third kappa shape index (κ3) is 5.71. The molecule has 1 rings (SSSR count). The molecular weight excluding hydrogens is 220 g/mol. The van der Waals surface area contributed by atoms with Gasteiger partial charge in [0.2, 0.25) is 0 Å². The fourth-order valence-corrected chi connectivity index (χ4v) is 2.96.